The fraction of sp³-hybridized carbons (Fsp3) is 0.0526. The monoisotopic (exact) mass is 301 g/mol. The third kappa shape index (κ3) is 2.66. The number of amides is 1. The number of hydrogen-bond donors (Lipinski definition) is 1. The maximum absolute atomic E-state index is 12.3. The number of rotatable bonds is 3. The summed E-state index contributed by atoms with van der Waals surface area (Å²) in [6, 6.07) is 19.7. The smallest absolute Gasteiger partial charge is 0.244 e. The number of pyridine rings is 1. The molecule has 4 heteroatoms. The third-order valence-electron chi connectivity index (χ3n) is 3.88. The Morgan fingerprint density at radius 2 is 1.87 bits per heavy atom. The Morgan fingerprint density at radius 1 is 1.00 bits per heavy atom. The normalized spacial score (nSPS) is 11.0. The van der Waals surface area contributed by atoms with Crippen molar-refractivity contribution in [1.29, 1.82) is 0 Å². The van der Waals surface area contributed by atoms with Gasteiger partial charge in [-0.05, 0) is 41.8 Å². The van der Waals surface area contributed by atoms with Crippen molar-refractivity contribution in [3.8, 4) is 0 Å². The van der Waals surface area contributed by atoms with Crippen LogP contribution < -0.4 is 5.32 Å². The van der Waals surface area contributed by atoms with Crippen LogP contribution in [0.1, 0.15) is 0 Å². The topological polar surface area (TPSA) is 46.9 Å². The first kappa shape index (κ1) is 13.5. The van der Waals surface area contributed by atoms with Crippen LogP contribution in [0.4, 0.5) is 5.69 Å². The van der Waals surface area contributed by atoms with Crippen LogP contribution in [0.5, 0.6) is 0 Å². The number of carbonyl (C=O) groups is 1. The summed E-state index contributed by atoms with van der Waals surface area (Å²) in [6.45, 7) is 0.290. The van der Waals surface area contributed by atoms with Gasteiger partial charge >= 0.3 is 0 Å². The minimum Gasteiger partial charge on any atom is -0.338 e. The Bertz CT molecular complexity index is 1000. The van der Waals surface area contributed by atoms with Gasteiger partial charge in [0.05, 0.1) is 5.52 Å². The van der Waals surface area contributed by atoms with Gasteiger partial charge in [0.25, 0.3) is 0 Å². The van der Waals surface area contributed by atoms with Gasteiger partial charge < -0.3 is 9.88 Å². The van der Waals surface area contributed by atoms with Crippen LogP contribution >= 0.6 is 0 Å². The summed E-state index contributed by atoms with van der Waals surface area (Å²) in [7, 11) is 0. The zero-order valence-corrected chi connectivity index (χ0v) is 12.4. The van der Waals surface area contributed by atoms with Crippen molar-refractivity contribution in [2.75, 3.05) is 5.32 Å². The van der Waals surface area contributed by atoms with Crippen LogP contribution in [0, 0.1) is 0 Å². The highest BCUT2D eigenvalue weighted by molar-refractivity contribution is 5.94. The molecule has 0 aliphatic carbocycles. The van der Waals surface area contributed by atoms with Crippen molar-refractivity contribution < 1.29 is 4.79 Å². The minimum absolute atomic E-state index is 0.0467. The highest BCUT2D eigenvalue weighted by atomic mass is 16.1. The van der Waals surface area contributed by atoms with Crippen molar-refractivity contribution in [2.24, 2.45) is 0 Å². The molecule has 0 aliphatic rings. The number of nitrogens with one attached hydrogen (secondary N) is 1. The summed E-state index contributed by atoms with van der Waals surface area (Å²) >= 11 is 0. The first-order chi connectivity index (χ1) is 11.3. The van der Waals surface area contributed by atoms with E-state index in [0.717, 1.165) is 27.5 Å². The lowest BCUT2D eigenvalue weighted by Crippen LogP contribution is -2.18. The van der Waals surface area contributed by atoms with E-state index in [1.165, 1.54) is 0 Å². The molecule has 0 bridgehead atoms. The van der Waals surface area contributed by atoms with E-state index in [9.17, 15) is 4.79 Å². The minimum atomic E-state index is -0.0467. The molecule has 4 aromatic rings. The highest BCUT2D eigenvalue weighted by Gasteiger charge is 2.07. The third-order valence-corrected chi connectivity index (χ3v) is 3.88. The summed E-state index contributed by atoms with van der Waals surface area (Å²) in [5.41, 5.74) is 2.76. The first-order valence-electron chi connectivity index (χ1n) is 7.48. The lowest BCUT2D eigenvalue weighted by atomic mass is 10.2. The van der Waals surface area contributed by atoms with E-state index >= 15 is 0 Å². The molecule has 4 nitrogen and oxygen atoms in total. The second kappa shape index (κ2) is 5.57. The van der Waals surface area contributed by atoms with Gasteiger partial charge in [-0.2, -0.15) is 0 Å². The van der Waals surface area contributed by atoms with Gasteiger partial charge in [-0.3, -0.25) is 9.78 Å². The van der Waals surface area contributed by atoms with E-state index < -0.39 is 0 Å². The molecule has 23 heavy (non-hydrogen) atoms. The average molecular weight is 301 g/mol. The molecular formula is C19H15N3O. The standard InChI is InChI=1S/C19H15N3O/c23-19(13-22-11-9-14-4-1-2-6-18(14)22)21-16-7-8-17-15(12-16)5-3-10-20-17/h1-12H,13H2,(H,21,23). The largest absolute Gasteiger partial charge is 0.338 e. The van der Waals surface area contributed by atoms with Gasteiger partial charge in [0, 0.05) is 29.0 Å². The van der Waals surface area contributed by atoms with Gasteiger partial charge in [-0.15, -0.1) is 0 Å². The number of nitrogens with zero attached hydrogens (tertiary/aromatic N) is 2. The molecule has 2 heterocycles. The lowest BCUT2D eigenvalue weighted by Gasteiger charge is -2.08. The number of aromatic nitrogens is 2. The quantitative estimate of drug-likeness (QED) is 0.625. The van der Waals surface area contributed by atoms with Crippen LogP contribution in [0.3, 0.4) is 0 Å². The van der Waals surface area contributed by atoms with E-state index in [4.69, 9.17) is 0 Å². The van der Waals surface area contributed by atoms with Crippen LogP contribution in [0.25, 0.3) is 21.8 Å². The number of para-hydroxylation sites is 1. The molecule has 0 spiro atoms. The molecule has 0 saturated heterocycles. The van der Waals surface area contributed by atoms with Gasteiger partial charge in [-0.25, -0.2) is 0 Å². The van der Waals surface area contributed by atoms with E-state index in [1.807, 2.05) is 71.4 Å². The number of anilines is 1. The summed E-state index contributed by atoms with van der Waals surface area (Å²) in [5.74, 6) is -0.0467. The zero-order chi connectivity index (χ0) is 15.6. The second-order valence-corrected chi connectivity index (χ2v) is 5.46. The summed E-state index contributed by atoms with van der Waals surface area (Å²) in [4.78, 5) is 16.6. The predicted octanol–water partition coefficient (Wildman–Crippen LogP) is 3.83. The molecule has 0 atom stereocenters. The molecule has 112 valence electrons. The molecule has 2 aromatic heterocycles. The highest BCUT2D eigenvalue weighted by Crippen LogP contribution is 2.18. The Balaban J connectivity index is 1.55. The van der Waals surface area contributed by atoms with Crippen molar-refractivity contribution in [1.82, 2.24) is 9.55 Å². The van der Waals surface area contributed by atoms with E-state index in [1.54, 1.807) is 6.20 Å². The fourth-order valence-electron chi connectivity index (χ4n) is 2.79. The van der Waals surface area contributed by atoms with Crippen molar-refractivity contribution in [3.05, 3.63) is 73.1 Å². The van der Waals surface area contributed by atoms with Crippen LogP contribution in [0.2, 0.25) is 0 Å². The Morgan fingerprint density at radius 3 is 2.83 bits per heavy atom. The van der Waals surface area contributed by atoms with Crippen molar-refractivity contribution in [3.63, 3.8) is 0 Å². The number of fused-ring (bicyclic) bond motifs is 2. The molecule has 0 aliphatic heterocycles. The van der Waals surface area contributed by atoms with Gasteiger partial charge in [0.1, 0.15) is 6.54 Å². The van der Waals surface area contributed by atoms with Gasteiger partial charge in [0.2, 0.25) is 5.91 Å². The number of carbonyl (C=O) groups excluding carboxylic acids is 1. The predicted molar refractivity (Wildman–Crippen MR) is 92.3 cm³/mol. The average Bonchev–Trinajstić information content (AvgIpc) is 2.98. The van der Waals surface area contributed by atoms with Crippen molar-refractivity contribution >= 4 is 33.4 Å². The van der Waals surface area contributed by atoms with E-state index in [0.29, 0.717) is 6.54 Å². The molecular weight excluding hydrogens is 286 g/mol. The fourth-order valence-corrected chi connectivity index (χ4v) is 2.79. The van der Waals surface area contributed by atoms with Crippen LogP contribution in [-0.4, -0.2) is 15.5 Å². The van der Waals surface area contributed by atoms with E-state index in [2.05, 4.69) is 10.3 Å². The first-order valence-corrected chi connectivity index (χ1v) is 7.48. The molecule has 0 unspecified atom stereocenters. The van der Waals surface area contributed by atoms with E-state index in [-0.39, 0.29) is 5.91 Å². The molecule has 0 fully saturated rings. The summed E-state index contributed by atoms with van der Waals surface area (Å²) < 4.78 is 1.95. The molecule has 0 saturated carbocycles. The summed E-state index contributed by atoms with van der Waals surface area (Å²) in [5, 5.41) is 5.10. The Hall–Kier alpha value is -3.14. The number of hydrogen-bond acceptors (Lipinski definition) is 2. The molecule has 0 radical (unpaired) electrons. The van der Waals surface area contributed by atoms with Crippen molar-refractivity contribution in [2.45, 2.75) is 6.54 Å². The van der Waals surface area contributed by atoms with Gasteiger partial charge in [-0.1, -0.05) is 24.3 Å². The zero-order valence-electron chi connectivity index (χ0n) is 12.4. The van der Waals surface area contributed by atoms with Gasteiger partial charge in [0.15, 0.2) is 0 Å². The Labute approximate surface area is 133 Å². The maximum Gasteiger partial charge on any atom is 0.244 e. The van der Waals surface area contributed by atoms with Crippen LogP contribution in [-0.2, 0) is 11.3 Å². The number of benzene rings is 2. The SMILES string of the molecule is O=C(Cn1ccc2ccccc21)Nc1ccc2ncccc2c1. The second-order valence-electron chi connectivity index (χ2n) is 5.46. The molecule has 4 rings (SSSR count). The molecule has 1 amide bonds. The molecule has 2 aromatic carbocycles. The molecule has 1 N–H and O–H groups in total. The van der Waals surface area contributed by atoms with Crippen LogP contribution in [0.15, 0.2) is 73.1 Å². The maximum atomic E-state index is 12.3. The lowest BCUT2D eigenvalue weighted by molar-refractivity contribution is -0.116. The summed E-state index contributed by atoms with van der Waals surface area (Å²) in [6.07, 6.45) is 3.70. The Kier molecular flexibility index (Phi) is 3.27.